The number of carbonyl (C=O) groups excluding carboxylic acids is 1. The van der Waals surface area contributed by atoms with Crippen LogP contribution in [0.2, 0.25) is 0 Å². The number of hydrogen-bond acceptors (Lipinski definition) is 4. The smallest absolute Gasteiger partial charge is 0.337 e. The van der Waals surface area contributed by atoms with E-state index in [0.29, 0.717) is 5.69 Å². The average molecular weight is 288 g/mol. The zero-order chi connectivity index (χ0) is 14.8. The van der Waals surface area contributed by atoms with Crippen LogP contribution in [-0.4, -0.2) is 35.1 Å². The lowest BCUT2D eigenvalue weighted by Gasteiger charge is -2.32. The van der Waals surface area contributed by atoms with E-state index >= 15 is 0 Å². The summed E-state index contributed by atoms with van der Waals surface area (Å²) in [7, 11) is 0. The average Bonchev–Trinajstić information content (AvgIpc) is 2.46. The largest absolute Gasteiger partial charge is 0.391 e. The van der Waals surface area contributed by atoms with Gasteiger partial charge in [0, 0.05) is 13.1 Å². The molecule has 0 saturated carbocycles. The van der Waals surface area contributed by atoms with Gasteiger partial charge in [-0.1, -0.05) is 0 Å². The fourth-order valence-electron chi connectivity index (χ4n) is 2.18. The van der Waals surface area contributed by atoms with Crippen LogP contribution in [0.1, 0.15) is 23.3 Å². The molecule has 0 aromatic carbocycles. The summed E-state index contributed by atoms with van der Waals surface area (Å²) in [5.41, 5.74) is 3.14. The topological polar surface area (TPSA) is 71.2 Å². The Morgan fingerprint density at radius 2 is 2.00 bits per heavy atom. The van der Waals surface area contributed by atoms with Crippen molar-refractivity contribution < 1.29 is 18.0 Å². The van der Waals surface area contributed by atoms with Gasteiger partial charge in [0.25, 0.3) is 5.91 Å². The number of pyridine rings is 1. The Labute approximate surface area is 113 Å². The van der Waals surface area contributed by atoms with Crippen LogP contribution in [0.4, 0.5) is 18.9 Å². The number of aromatic nitrogens is 1. The SMILES string of the molecule is NNc1ccc(C(=O)N2CCC(C(F)(F)F)CC2)nc1. The van der Waals surface area contributed by atoms with Crippen molar-refractivity contribution in [1.82, 2.24) is 9.88 Å². The molecule has 0 radical (unpaired) electrons. The Hall–Kier alpha value is -1.83. The lowest BCUT2D eigenvalue weighted by molar-refractivity contribution is -0.183. The fraction of sp³-hybridized carbons (Fsp3) is 0.500. The number of rotatable bonds is 2. The minimum Gasteiger partial charge on any atom is -0.337 e. The first kappa shape index (κ1) is 14.6. The third-order valence-corrected chi connectivity index (χ3v) is 3.39. The van der Waals surface area contributed by atoms with Gasteiger partial charge in [0.2, 0.25) is 0 Å². The Kier molecular flexibility index (Phi) is 4.12. The summed E-state index contributed by atoms with van der Waals surface area (Å²) in [6.45, 7) is 0.198. The van der Waals surface area contributed by atoms with Crippen LogP contribution in [0.15, 0.2) is 18.3 Å². The van der Waals surface area contributed by atoms with E-state index in [-0.39, 0.29) is 37.5 Å². The van der Waals surface area contributed by atoms with Gasteiger partial charge in [-0.25, -0.2) is 4.98 Å². The van der Waals surface area contributed by atoms with Crippen molar-refractivity contribution in [2.75, 3.05) is 18.5 Å². The van der Waals surface area contributed by atoms with Gasteiger partial charge in [0.1, 0.15) is 5.69 Å². The molecule has 0 bridgehead atoms. The molecular formula is C12H15F3N4O. The summed E-state index contributed by atoms with van der Waals surface area (Å²) in [6.07, 6.45) is -2.90. The van der Waals surface area contributed by atoms with E-state index in [1.54, 1.807) is 6.07 Å². The summed E-state index contributed by atoms with van der Waals surface area (Å²) in [4.78, 5) is 17.4. The molecule has 1 fully saturated rings. The van der Waals surface area contributed by atoms with E-state index in [4.69, 9.17) is 5.84 Å². The Morgan fingerprint density at radius 1 is 1.35 bits per heavy atom. The van der Waals surface area contributed by atoms with Crippen LogP contribution in [0.5, 0.6) is 0 Å². The van der Waals surface area contributed by atoms with Gasteiger partial charge in [0.05, 0.1) is 17.8 Å². The lowest BCUT2D eigenvalue weighted by Crippen LogP contribution is -2.42. The minimum absolute atomic E-state index is 0.0579. The Bertz CT molecular complexity index is 467. The third-order valence-electron chi connectivity index (χ3n) is 3.39. The Morgan fingerprint density at radius 3 is 2.45 bits per heavy atom. The number of likely N-dealkylation sites (tertiary alicyclic amines) is 1. The summed E-state index contributed by atoms with van der Waals surface area (Å²) < 4.78 is 37.6. The maximum atomic E-state index is 12.5. The molecule has 0 unspecified atom stereocenters. The van der Waals surface area contributed by atoms with Crippen molar-refractivity contribution in [3.05, 3.63) is 24.0 Å². The van der Waals surface area contributed by atoms with Gasteiger partial charge < -0.3 is 10.3 Å². The number of hydrogen-bond donors (Lipinski definition) is 2. The third kappa shape index (κ3) is 3.19. The summed E-state index contributed by atoms with van der Waals surface area (Å²) in [6, 6.07) is 3.08. The minimum atomic E-state index is -4.18. The van der Waals surface area contributed by atoms with E-state index < -0.39 is 12.1 Å². The van der Waals surface area contributed by atoms with Gasteiger partial charge in [-0.2, -0.15) is 13.2 Å². The number of anilines is 1. The second kappa shape index (κ2) is 5.66. The van der Waals surface area contributed by atoms with Gasteiger partial charge in [-0.15, -0.1) is 0 Å². The number of carbonyl (C=O) groups is 1. The monoisotopic (exact) mass is 288 g/mol. The predicted molar refractivity (Wildman–Crippen MR) is 66.7 cm³/mol. The number of nitrogens with one attached hydrogen (secondary N) is 1. The van der Waals surface area contributed by atoms with Crippen LogP contribution >= 0.6 is 0 Å². The molecule has 8 heteroatoms. The molecule has 1 aromatic rings. The molecule has 1 saturated heterocycles. The maximum absolute atomic E-state index is 12.5. The highest BCUT2D eigenvalue weighted by Gasteiger charge is 2.41. The van der Waals surface area contributed by atoms with Crippen LogP contribution in [0.3, 0.4) is 0 Å². The van der Waals surface area contributed by atoms with Crippen molar-refractivity contribution >= 4 is 11.6 Å². The first-order chi connectivity index (χ1) is 9.41. The van der Waals surface area contributed by atoms with Crippen LogP contribution < -0.4 is 11.3 Å². The molecule has 1 amide bonds. The number of nitrogens with two attached hydrogens (primary N) is 1. The molecular weight excluding hydrogens is 273 g/mol. The summed E-state index contributed by atoms with van der Waals surface area (Å²) in [5.74, 6) is 3.51. The molecule has 1 aliphatic rings. The molecule has 1 aliphatic heterocycles. The van der Waals surface area contributed by atoms with Crippen LogP contribution in [0, 0.1) is 5.92 Å². The molecule has 0 atom stereocenters. The predicted octanol–water partition coefficient (Wildman–Crippen LogP) is 1.78. The quantitative estimate of drug-likeness (QED) is 0.643. The Balaban J connectivity index is 1.97. The highest BCUT2D eigenvalue weighted by Crippen LogP contribution is 2.34. The zero-order valence-corrected chi connectivity index (χ0v) is 10.7. The molecule has 3 N–H and O–H groups in total. The van der Waals surface area contributed by atoms with Crippen LogP contribution in [-0.2, 0) is 0 Å². The molecule has 20 heavy (non-hydrogen) atoms. The van der Waals surface area contributed by atoms with Crippen LogP contribution in [0.25, 0.3) is 0 Å². The number of piperidine rings is 1. The molecule has 110 valence electrons. The van der Waals surface area contributed by atoms with Crippen molar-refractivity contribution in [2.24, 2.45) is 11.8 Å². The van der Waals surface area contributed by atoms with E-state index in [1.807, 2.05) is 0 Å². The molecule has 0 spiro atoms. The maximum Gasteiger partial charge on any atom is 0.391 e. The number of amides is 1. The van der Waals surface area contributed by atoms with Crippen molar-refractivity contribution in [2.45, 2.75) is 19.0 Å². The zero-order valence-electron chi connectivity index (χ0n) is 10.7. The van der Waals surface area contributed by atoms with E-state index in [0.717, 1.165) is 0 Å². The van der Waals surface area contributed by atoms with Gasteiger partial charge in [-0.3, -0.25) is 10.6 Å². The molecule has 1 aromatic heterocycles. The molecule has 2 rings (SSSR count). The van der Waals surface area contributed by atoms with E-state index in [2.05, 4.69) is 10.4 Å². The number of nitrogens with zero attached hydrogens (tertiary/aromatic N) is 2. The highest BCUT2D eigenvalue weighted by atomic mass is 19.4. The van der Waals surface area contributed by atoms with E-state index in [9.17, 15) is 18.0 Å². The second-order valence-corrected chi connectivity index (χ2v) is 4.68. The van der Waals surface area contributed by atoms with Crippen molar-refractivity contribution in [1.29, 1.82) is 0 Å². The molecule has 0 aliphatic carbocycles. The number of nitrogen functional groups attached to an aromatic ring is 1. The summed E-state index contributed by atoms with van der Waals surface area (Å²) in [5, 5.41) is 0. The van der Waals surface area contributed by atoms with Crippen molar-refractivity contribution in [3.63, 3.8) is 0 Å². The molecule has 2 heterocycles. The van der Waals surface area contributed by atoms with Gasteiger partial charge in [0.15, 0.2) is 0 Å². The first-order valence-electron chi connectivity index (χ1n) is 6.20. The highest BCUT2D eigenvalue weighted by molar-refractivity contribution is 5.92. The molecule has 5 nitrogen and oxygen atoms in total. The van der Waals surface area contributed by atoms with Crippen molar-refractivity contribution in [3.8, 4) is 0 Å². The normalized spacial score (nSPS) is 17.1. The van der Waals surface area contributed by atoms with Gasteiger partial charge >= 0.3 is 6.18 Å². The first-order valence-corrected chi connectivity index (χ1v) is 6.20. The number of alkyl halides is 3. The van der Waals surface area contributed by atoms with E-state index in [1.165, 1.54) is 17.2 Å². The fourth-order valence-corrected chi connectivity index (χ4v) is 2.18. The van der Waals surface area contributed by atoms with Gasteiger partial charge in [-0.05, 0) is 25.0 Å². The second-order valence-electron chi connectivity index (χ2n) is 4.68. The standard InChI is InChI=1S/C12H15F3N4O/c13-12(14,15)8-3-5-19(6-4-8)11(20)10-2-1-9(18-16)7-17-10/h1-2,7-8,18H,3-6,16H2. The number of halogens is 3. The number of hydrazine groups is 1. The lowest BCUT2D eigenvalue weighted by atomic mass is 9.96. The summed E-state index contributed by atoms with van der Waals surface area (Å²) >= 11 is 0.